The van der Waals surface area contributed by atoms with Crippen molar-refractivity contribution in [3.05, 3.63) is 29.8 Å². The van der Waals surface area contributed by atoms with Gasteiger partial charge in [-0.2, -0.15) is 14.0 Å². The molecule has 0 radical (unpaired) electrons. The summed E-state index contributed by atoms with van der Waals surface area (Å²) < 4.78 is 44.7. The molecule has 4 unspecified atom stereocenters. The quantitative estimate of drug-likeness (QED) is 0.673. The Morgan fingerprint density at radius 2 is 2.00 bits per heavy atom. The van der Waals surface area contributed by atoms with E-state index in [0.717, 1.165) is 31.4 Å². The lowest BCUT2D eigenvalue weighted by molar-refractivity contribution is -1.93. The number of hydrogen-bond donors (Lipinski definition) is 0. The van der Waals surface area contributed by atoms with E-state index in [1.165, 1.54) is 10.6 Å². The molecule has 2 aliphatic rings. The highest BCUT2D eigenvalue weighted by atomic mass is 35.7. The van der Waals surface area contributed by atoms with Gasteiger partial charge in [-0.3, -0.25) is 0 Å². The standard InChI is InChI=1S/C21H32ClNO5/c1-5-16-14-23(28-22(24,25)26)21(15(3)4)11-10-19(20(16)13-21)17-8-7-9-18(12-17)27-6-2/h7-9,12,15-16,19-20H,5-6,10-11,13-14H2,1-4H3. The maximum Gasteiger partial charge on any atom is 0.179 e. The number of halogens is 1. The van der Waals surface area contributed by atoms with Crippen molar-refractivity contribution in [2.24, 2.45) is 17.8 Å². The monoisotopic (exact) mass is 413 g/mol. The summed E-state index contributed by atoms with van der Waals surface area (Å²) in [6.45, 7) is 9.39. The predicted molar refractivity (Wildman–Crippen MR) is 96.8 cm³/mol. The van der Waals surface area contributed by atoms with Crippen LogP contribution < -0.4 is 18.7 Å². The minimum absolute atomic E-state index is 0.181. The van der Waals surface area contributed by atoms with E-state index in [-0.39, 0.29) is 11.8 Å². The Labute approximate surface area is 170 Å². The van der Waals surface area contributed by atoms with Gasteiger partial charge in [0, 0.05) is 6.54 Å². The minimum atomic E-state index is -4.49. The Kier molecular flexibility index (Phi) is 6.59. The Hall–Kier alpha value is -0.890. The summed E-state index contributed by atoms with van der Waals surface area (Å²) in [5, 5.41) is 1.50. The highest BCUT2D eigenvalue weighted by Gasteiger charge is 2.57. The number of piperidine rings is 1. The van der Waals surface area contributed by atoms with E-state index in [1.54, 1.807) is 0 Å². The van der Waals surface area contributed by atoms with Gasteiger partial charge in [0.2, 0.25) is 0 Å². The first-order chi connectivity index (χ1) is 13.2. The second-order valence-electron chi connectivity index (χ2n) is 8.45. The summed E-state index contributed by atoms with van der Waals surface area (Å²) in [4.78, 5) is 0. The summed E-state index contributed by atoms with van der Waals surface area (Å²) in [5.41, 5.74) is 0.866. The molecule has 1 aliphatic carbocycles. The molecule has 7 heteroatoms. The molecule has 3 rings (SSSR count). The molecule has 0 N–H and O–H groups in total. The average Bonchev–Trinajstić information content (AvgIpc) is 2.63. The van der Waals surface area contributed by atoms with E-state index in [0.29, 0.717) is 25.0 Å². The van der Waals surface area contributed by atoms with Gasteiger partial charge >= 0.3 is 0 Å². The molecule has 1 aliphatic heterocycles. The Balaban J connectivity index is 1.91. The normalized spacial score (nSPS) is 31.2. The lowest BCUT2D eigenvalue weighted by Crippen LogP contribution is -2.70. The van der Waals surface area contributed by atoms with Crippen LogP contribution in [0.25, 0.3) is 0 Å². The fourth-order valence-electron chi connectivity index (χ4n) is 5.38. The molecule has 1 heterocycles. The van der Waals surface area contributed by atoms with Crippen LogP contribution in [0.2, 0.25) is 0 Å². The second kappa shape index (κ2) is 8.46. The third-order valence-electron chi connectivity index (χ3n) is 6.86. The number of nitrogens with zero attached hydrogens (tertiary/aromatic N) is 1. The number of hydrogen-bond acceptors (Lipinski definition) is 6. The van der Waals surface area contributed by atoms with Gasteiger partial charge in [0.15, 0.2) is 4.39 Å². The molecule has 1 aromatic carbocycles. The van der Waals surface area contributed by atoms with Crippen molar-refractivity contribution in [2.75, 3.05) is 13.2 Å². The molecule has 1 saturated carbocycles. The summed E-state index contributed by atoms with van der Waals surface area (Å²) in [6, 6.07) is 8.35. The highest BCUT2D eigenvalue weighted by molar-refractivity contribution is 5.32. The molecule has 2 bridgehead atoms. The van der Waals surface area contributed by atoms with Crippen molar-refractivity contribution in [3.63, 3.8) is 0 Å². The third-order valence-corrected chi connectivity index (χ3v) is 7.20. The van der Waals surface area contributed by atoms with E-state index >= 15 is 0 Å². The molecule has 0 amide bonds. The minimum Gasteiger partial charge on any atom is -0.494 e. The van der Waals surface area contributed by atoms with Gasteiger partial charge in [0.1, 0.15) is 16.0 Å². The van der Waals surface area contributed by atoms with E-state index in [1.807, 2.05) is 19.1 Å². The third kappa shape index (κ3) is 4.32. The van der Waals surface area contributed by atoms with Crippen molar-refractivity contribution >= 4 is 0 Å². The predicted octanol–water partition coefficient (Wildman–Crippen LogP) is 1.53. The number of hydroxylamine groups is 2. The zero-order valence-corrected chi connectivity index (χ0v) is 18.0. The molecule has 4 atom stereocenters. The van der Waals surface area contributed by atoms with Crippen molar-refractivity contribution in [3.8, 4) is 5.75 Å². The molecule has 6 nitrogen and oxygen atoms in total. The van der Waals surface area contributed by atoms with Crippen molar-refractivity contribution in [2.45, 2.75) is 64.8 Å². The topological polar surface area (TPSA) is 90.9 Å². The summed E-state index contributed by atoms with van der Waals surface area (Å²) >= 11 is 0. The van der Waals surface area contributed by atoms with Crippen LogP contribution in [0.5, 0.6) is 5.75 Å². The molecule has 1 saturated heterocycles. The summed E-state index contributed by atoms with van der Waals surface area (Å²) in [6.07, 6.45) is 3.48. The van der Waals surface area contributed by atoms with Crippen molar-refractivity contribution in [1.29, 1.82) is 0 Å². The summed E-state index contributed by atoms with van der Waals surface area (Å²) in [5.74, 6) is 2.17. The fourth-order valence-corrected chi connectivity index (χ4v) is 5.78. The number of benzene rings is 1. The van der Waals surface area contributed by atoms with Gasteiger partial charge < -0.3 is 4.74 Å². The zero-order chi connectivity index (χ0) is 20.5. The van der Waals surface area contributed by atoms with Crippen LogP contribution in [0.1, 0.15) is 64.9 Å². The zero-order valence-electron chi connectivity index (χ0n) is 17.2. The molecule has 0 aromatic heterocycles. The van der Waals surface area contributed by atoms with E-state index in [2.05, 4.69) is 32.9 Å². The number of fused-ring (bicyclic) bond motifs is 2. The molecular weight excluding hydrogens is 382 g/mol. The first-order valence-electron chi connectivity index (χ1n) is 10.3. The van der Waals surface area contributed by atoms with E-state index in [9.17, 15) is 14.0 Å². The molecule has 28 heavy (non-hydrogen) atoms. The molecule has 158 valence electrons. The maximum atomic E-state index is 11.3. The van der Waals surface area contributed by atoms with Gasteiger partial charge in [0.05, 0.1) is 12.1 Å². The van der Waals surface area contributed by atoms with Crippen molar-refractivity contribution < 1.29 is 33.3 Å². The average molecular weight is 414 g/mol. The number of ether oxygens (including phenoxy) is 1. The SMILES string of the molecule is CCOc1cccc(C2CCC3(C(C)C)CC2C(CC)CN3O[Cl+3]([O-])([O-])[O-])c1. The first kappa shape index (κ1) is 21.8. The molecule has 2 fully saturated rings. The van der Waals surface area contributed by atoms with Crippen LogP contribution in [0.3, 0.4) is 0 Å². The van der Waals surface area contributed by atoms with Crippen LogP contribution >= 0.6 is 0 Å². The van der Waals surface area contributed by atoms with Crippen LogP contribution in [0.4, 0.5) is 0 Å². The lowest BCUT2D eigenvalue weighted by Gasteiger charge is -2.56. The first-order valence-corrected chi connectivity index (χ1v) is 11.5. The van der Waals surface area contributed by atoms with Gasteiger partial charge in [0.25, 0.3) is 0 Å². The van der Waals surface area contributed by atoms with Crippen LogP contribution in [0.15, 0.2) is 24.3 Å². The van der Waals surface area contributed by atoms with Crippen LogP contribution in [-0.4, -0.2) is 23.8 Å². The smallest absolute Gasteiger partial charge is 0.179 e. The highest BCUT2D eigenvalue weighted by Crippen LogP contribution is 2.55. The van der Waals surface area contributed by atoms with Crippen LogP contribution in [-0.2, 0) is 4.39 Å². The Morgan fingerprint density at radius 3 is 2.61 bits per heavy atom. The van der Waals surface area contributed by atoms with E-state index < -0.39 is 15.8 Å². The maximum absolute atomic E-state index is 11.3. The van der Waals surface area contributed by atoms with Gasteiger partial charge in [-0.15, -0.1) is 0 Å². The van der Waals surface area contributed by atoms with Gasteiger partial charge in [-0.05, 0) is 72.6 Å². The molecule has 0 spiro atoms. The summed E-state index contributed by atoms with van der Waals surface area (Å²) in [7, 11) is -4.49. The van der Waals surface area contributed by atoms with E-state index in [4.69, 9.17) is 9.13 Å². The second-order valence-corrected chi connectivity index (χ2v) is 9.35. The molecule has 1 aromatic rings. The van der Waals surface area contributed by atoms with Crippen LogP contribution in [0, 0.1) is 28.0 Å². The lowest BCUT2D eigenvalue weighted by atomic mass is 9.57. The largest absolute Gasteiger partial charge is 0.494 e. The fraction of sp³-hybridized carbons (Fsp3) is 0.714. The Morgan fingerprint density at radius 1 is 1.25 bits per heavy atom. The van der Waals surface area contributed by atoms with Gasteiger partial charge in [-0.1, -0.05) is 39.3 Å². The molecular formula is C21H32ClNO5. The van der Waals surface area contributed by atoms with Crippen molar-refractivity contribution in [1.82, 2.24) is 5.06 Å². The Bertz CT molecular complexity index is 664. The van der Waals surface area contributed by atoms with Gasteiger partial charge in [-0.25, -0.2) is 0 Å². The number of rotatable bonds is 7.